The minimum Gasteiger partial charge on any atom is -0.429 e. The molecule has 37 heavy (non-hydrogen) atoms. The maximum atomic E-state index is 14.6. The molecule has 2 aliphatic carbocycles. The number of alkyl halides is 2. The zero-order valence-electron chi connectivity index (χ0n) is 21.8. The summed E-state index contributed by atoms with van der Waals surface area (Å²) in [5.74, 6) is -2.74. The molecule has 2 aliphatic rings. The molecule has 6 heteroatoms. The van der Waals surface area contributed by atoms with Crippen LogP contribution in [0.3, 0.4) is 0 Å². The van der Waals surface area contributed by atoms with Crippen LogP contribution in [0.1, 0.15) is 107 Å². The van der Waals surface area contributed by atoms with Crippen LogP contribution in [0.4, 0.5) is 22.0 Å². The van der Waals surface area contributed by atoms with Crippen LogP contribution >= 0.6 is 0 Å². The molecule has 2 aromatic carbocycles. The molecule has 0 aromatic heterocycles. The van der Waals surface area contributed by atoms with Crippen LogP contribution in [-0.4, -0.2) is 0 Å². The van der Waals surface area contributed by atoms with Crippen LogP contribution in [-0.2, 0) is 6.11 Å². The lowest BCUT2D eigenvalue weighted by Crippen LogP contribution is -2.25. The molecule has 0 amide bonds. The minimum absolute atomic E-state index is 0.357. The summed E-state index contributed by atoms with van der Waals surface area (Å²) in [6.07, 6.45) is 13.0. The second-order valence-corrected chi connectivity index (χ2v) is 11.2. The Hall–Kier alpha value is -2.11. The molecule has 0 aliphatic heterocycles. The van der Waals surface area contributed by atoms with Crippen molar-refractivity contribution in [3.05, 3.63) is 65.0 Å². The summed E-state index contributed by atoms with van der Waals surface area (Å²) in [7, 11) is 0. The first kappa shape index (κ1) is 27.9. The van der Waals surface area contributed by atoms with Gasteiger partial charge >= 0.3 is 6.11 Å². The highest BCUT2D eigenvalue weighted by molar-refractivity contribution is 5.30. The second-order valence-electron chi connectivity index (χ2n) is 11.2. The molecule has 0 radical (unpaired) electrons. The Morgan fingerprint density at radius 3 is 1.89 bits per heavy atom. The second kappa shape index (κ2) is 12.6. The van der Waals surface area contributed by atoms with Crippen LogP contribution in [0.2, 0.25) is 0 Å². The van der Waals surface area contributed by atoms with Crippen LogP contribution in [0, 0.1) is 35.2 Å². The average Bonchev–Trinajstić information content (AvgIpc) is 2.90. The van der Waals surface area contributed by atoms with E-state index in [2.05, 4.69) is 11.7 Å². The predicted molar refractivity (Wildman–Crippen MR) is 136 cm³/mol. The van der Waals surface area contributed by atoms with Crippen molar-refractivity contribution in [1.29, 1.82) is 0 Å². The van der Waals surface area contributed by atoms with E-state index in [1.165, 1.54) is 82.8 Å². The number of halogens is 5. The van der Waals surface area contributed by atoms with Gasteiger partial charge in [-0.1, -0.05) is 64.0 Å². The molecule has 4 rings (SSSR count). The largest absolute Gasteiger partial charge is 0.429 e. The SMILES string of the molecule is CCCCCCC1CCC(C2CCC(c3ccc(C(F)(F)Oc4cc(F)c(F)c(F)c4)cc3)CC2)CC1. The van der Waals surface area contributed by atoms with Gasteiger partial charge < -0.3 is 4.74 Å². The molecule has 2 saturated carbocycles. The van der Waals surface area contributed by atoms with Crippen LogP contribution in [0.5, 0.6) is 5.75 Å². The van der Waals surface area contributed by atoms with Gasteiger partial charge in [-0.15, -0.1) is 0 Å². The third-order valence-electron chi connectivity index (χ3n) is 8.72. The van der Waals surface area contributed by atoms with E-state index in [-0.39, 0.29) is 0 Å². The fourth-order valence-corrected chi connectivity index (χ4v) is 6.48. The summed E-state index contributed by atoms with van der Waals surface area (Å²) in [5, 5.41) is 0. The van der Waals surface area contributed by atoms with Crippen LogP contribution < -0.4 is 4.74 Å². The van der Waals surface area contributed by atoms with Crippen molar-refractivity contribution < 1.29 is 26.7 Å². The lowest BCUT2D eigenvalue weighted by Gasteiger charge is -2.38. The van der Waals surface area contributed by atoms with Crippen molar-refractivity contribution in [1.82, 2.24) is 0 Å². The van der Waals surface area contributed by atoms with Gasteiger partial charge in [-0.2, -0.15) is 8.78 Å². The van der Waals surface area contributed by atoms with E-state index in [9.17, 15) is 22.0 Å². The van der Waals surface area contributed by atoms with Crippen molar-refractivity contribution in [2.45, 2.75) is 102 Å². The molecular formula is C31H39F5O. The highest BCUT2D eigenvalue weighted by Gasteiger charge is 2.36. The molecule has 0 heterocycles. The molecule has 0 spiro atoms. The number of hydrogen-bond acceptors (Lipinski definition) is 1. The van der Waals surface area contributed by atoms with E-state index < -0.39 is 34.9 Å². The standard InChI is InChI=1S/C31H39F5O/c1-2-3-4-5-6-21-7-9-22(10-8-21)23-11-13-24(14-12-23)25-15-17-26(18-16-25)31(35,36)37-27-19-28(32)30(34)29(33)20-27/h15-24H,2-14H2,1H3. The van der Waals surface area contributed by atoms with Crippen molar-refractivity contribution in [2.75, 3.05) is 0 Å². The Kier molecular flexibility index (Phi) is 9.52. The summed E-state index contributed by atoms with van der Waals surface area (Å²) in [6, 6.07) is 6.84. The third-order valence-corrected chi connectivity index (χ3v) is 8.72. The van der Waals surface area contributed by atoms with E-state index in [1.807, 2.05) is 0 Å². The molecular weight excluding hydrogens is 483 g/mol. The monoisotopic (exact) mass is 522 g/mol. The minimum atomic E-state index is -3.80. The number of rotatable bonds is 10. The van der Waals surface area contributed by atoms with Gasteiger partial charge in [0.25, 0.3) is 0 Å². The van der Waals surface area contributed by atoms with E-state index in [0.29, 0.717) is 18.1 Å². The van der Waals surface area contributed by atoms with E-state index in [1.54, 1.807) is 12.1 Å². The molecule has 0 bridgehead atoms. The van der Waals surface area contributed by atoms with Crippen molar-refractivity contribution in [2.24, 2.45) is 17.8 Å². The summed E-state index contributed by atoms with van der Waals surface area (Å²) in [5.41, 5.74) is 0.620. The fourth-order valence-electron chi connectivity index (χ4n) is 6.48. The molecule has 204 valence electrons. The third kappa shape index (κ3) is 7.26. The van der Waals surface area contributed by atoms with E-state index in [4.69, 9.17) is 0 Å². The highest BCUT2D eigenvalue weighted by Crippen LogP contribution is 2.45. The summed E-state index contributed by atoms with van der Waals surface area (Å²) in [4.78, 5) is 0. The maximum absolute atomic E-state index is 14.6. The van der Waals surface area contributed by atoms with Crippen molar-refractivity contribution >= 4 is 0 Å². The topological polar surface area (TPSA) is 9.23 Å². The average molecular weight is 523 g/mol. The maximum Gasteiger partial charge on any atom is 0.426 e. The van der Waals surface area contributed by atoms with Crippen molar-refractivity contribution in [3.8, 4) is 5.75 Å². The quantitative estimate of drug-likeness (QED) is 0.171. The summed E-state index contributed by atoms with van der Waals surface area (Å²) >= 11 is 0. The molecule has 1 nitrogen and oxygen atoms in total. The lowest BCUT2D eigenvalue weighted by atomic mass is 9.68. The Labute approximate surface area is 217 Å². The first-order valence-corrected chi connectivity index (χ1v) is 14.1. The number of ether oxygens (including phenoxy) is 1. The van der Waals surface area contributed by atoms with E-state index >= 15 is 0 Å². The van der Waals surface area contributed by atoms with Gasteiger partial charge in [0.15, 0.2) is 17.5 Å². The Bertz CT molecular complexity index is 966. The van der Waals surface area contributed by atoms with Crippen molar-refractivity contribution in [3.63, 3.8) is 0 Å². The first-order chi connectivity index (χ1) is 17.8. The highest BCUT2D eigenvalue weighted by atomic mass is 19.3. The van der Waals surface area contributed by atoms with Gasteiger partial charge in [-0.3, -0.25) is 0 Å². The molecule has 0 N–H and O–H groups in total. The number of benzene rings is 2. The number of unbranched alkanes of at least 4 members (excludes halogenated alkanes) is 3. The first-order valence-electron chi connectivity index (χ1n) is 14.1. The lowest BCUT2D eigenvalue weighted by molar-refractivity contribution is -0.185. The molecule has 0 saturated heterocycles. The molecule has 2 fully saturated rings. The fraction of sp³-hybridized carbons (Fsp3) is 0.613. The molecule has 0 unspecified atom stereocenters. The van der Waals surface area contributed by atoms with Crippen LogP contribution in [0.15, 0.2) is 36.4 Å². The smallest absolute Gasteiger partial charge is 0.426 e. The Morgan fingerprint density at radius 2 is 1.32 bits per heavy atom. The molecule has 2 aromatic rings. The van der Waals surface area contributed by atoms with Gasteiger partial charge in [0.05, 0.1) is 5.56 Å². The van der Waals surface area contributed by atoms with Gasteiger partial charge in [-0.05, 0) is 79.9 Å². The summed E-state index contributed by atoms with van der Waals surface area (Å²) in [6.45, 7) is 2.26. The number of hydrogen-bond donors (Lipinski definition) is 0. The zero-order valence-corrected chi connectivity index (χ0v) is 21.8. The van der Waals surface area contributed by atoms with Gasteiger partial charge in [0, 0.05) is 12.1 Å². The van der Waals surface area contributed by atoms with Crippen LogP contribution in [0.25, 0.3) is 0 Å². The Morgan fingerprint density at radius 1 is 0.757 bits per heavy atom. The Balaban J connectivity index is 1.25. The van der Waals surface area contributed by atoms with Gasteiger partial charge in [-0.25, -0.2) is 13.2 Å². The molecule has 0 atom stereocenters. The normalized spacial score (nSPS) is 24.7. The van der Waals surface area contributed by atoms with Gasteiger partial charge in [0.1, 0.15) is 5.75 Å². The van der Waals surface area contributed by atoms with E-state index in [0.717, 1.165) is 36.2 Å². The zero-order chi connectivity index (χ0) is 26.4. The van der Waals surface area contributed by atoms with Gasteiger partial charge in [0.2, 0.25) is 0 Å². The summed E-state index contributed by atoms with van der Waals surface area (Å²) < 4.78 is 73.6. The predicted octanol–water partition coefficient (Wildman–Crippen LogP) is 10.3.